The number of rotatable bonds is 4. The minimum Gasteiger partial charge on any atom is -0.469 e. The van der Waals surface area contributed by atoms with Crippen LogP contribution in [0.2, 0.25) is 0 Å². The normalized spacial score (nSPS) is 20.4. The molecule has 0 radical (unpaired) electrons. The number of carbonyl (C=O) groups excluding carboxylic acids is 1. The van der Waals surface area contributed by atoms with E-state index in [9.17, 15) is 13.6 Å². The quantitative estimate of drug-likeness (QED) is 0.811. The Morgan fingerprint density at radius 3 is 2.74 bits per heavy atom. The highest BCUT2D eigenvalue weighted by molar-refractivity contribution is 5.73. The summed E-state index contributed by atoms with van der Waals surface area (Å²) in [6, 6.07) is 5.22. The van der Waals surface area contributed by atoms with Crippen molar-refractivity contribution in [3.05, 3.63) is 35.8 Å². The van der Waals surface area contributed by atoms with E-state index >= 15 is 0 Å². The highest BCUT2D eigenvalue weighted by atomic mass is 19.3. The molecule has 1 aliphatic carbocycles. The molecule has 0 saturated heterocycles. The lowest BCUT2D eigenvalue weighted by Crippen LogP contribution is -2.33. The number of methoxy groups -OCH3 is 1. The Morgan fingerprint density at radius 1 is 1.39 bits per heavy atom. The van der Waals surface area contributed by atoms with Gasteiger partial charge in [0.1, 0.15) is 5.69 Å². The predicted molar refractivity (Wildman–Crippen MR) is 78.9 cm³/mol. The monoisotopic (exact) mass is 321 g/mol. The summed E-state index contributed by atoms with van der Waals surface area (Å²) in [7, 11) is 1.35. The summed E-state index contributed by atoms with van der Waals surface area (Å²) in [5.74, 6) is -0.437. The molecule has 5 nitrogen and oxygen atoms in total. The van der Waals surface area contributed by atoms with E-state index in [-0.39, 0.29) is 23.6 Å². The molecule has 23 heavy (non-hydrogen) atoms. The topological polar surface area (TPSA) is 57.0 Å². The minimum absolute atomic E-state index is 0.0600. The summed E-state index contributed by atoms with van der Waals surface area (Å²) in [5, 5.41) is 4.03. The molecule has 0 bridgehead atoms. The second kappa shape index (κ2) is 6.06. The van der Waals surface area contributed by atoms with Crippen molar-refractivity contribution in [3.8, 4) is 11.3 Å². The van der Waals surface area contributed by atoms with Crippen LogP contribution in [-0.2, 0) is 9.53 Å². The van der Waals surface area contributed by atoms with Crippen molar-refractivity contribution in [3.63, 3.8) is 0 Å². The van der Waals surface area contributed by atoms with Gasteiger partial charge in [-0.05, 0) is 31.9 Å². The Morgan fingerprint density at radius 2 is 2.13 bits per heavy atom. The van der Waals surface area contributed by atoms with Crippen LogP contribution in [0, 0.1) is 12.8 Å². The van der Waals surface area contributed by atoms with E-state index in [1.807, 2.05) is 13.0 Å². The van der Waals surface area contributed by atoms with Crippen LogP contribution in [0.25, 0.3) is 11.3 Å². The van der Waals surface area contributed by atoms with Gasteiger partial charge in [0.25, 0.3) is 6.43 Å². The third-order valence-corrected chi connectivity index (χ3v) is 4.15. The summed E-state index contributed by atoms with van der Waals surface area (Å²) in [6.45, 7) is 1.81. The van der Waals surface area contributed by atoms with Crippen LogP contribution in [0.3, 0.4) is 0 Å². The summed E-state index contributed by atoms with van der Waals surface area (Å²) in [6.07, 6.45) is 0.0293. The molecule has 0 aliphatic heterocycles. The van der Waals surface area contributed by atoms with Crippen LogP contribution >= 0.6 is 0 Å². The van der Waals surface area contributed by atoms with Gasteiger partial charge in [-0.2, -0.15) is 5.10 Å². The van der Waals surface area contributed by atoms with Gasteiger partial charge in [-0.25, -0.2) is 8.78 Å². The van der Waals surface area contributed by atoms with E-state index in [2.05, 4.69) is 14.8 Å². The predicted octanol–water partition coefficient (Wildman–Crippen LogP) is 3.32. The van der Waals surface area contributed by atoms with Gasteiger partial charge in [0.05, 0.1) is 24.8 Å². The Balaban J connectivity index is 1.87. The molecule has 0 amide bonds. The molecular weight excluding hydrogens is 304 g/mol. The van der Waals surface area contributed by atoms with E-state index in [1.54, 1.807) is 18.3 Å². The minimum atomic E-state index is -2.68. The highest BCUT2D eigenvalue weighted by Gasteiger charge is 2.37. The van der Waals surface area contributed by atoms with Gasteiger partial charge in [-0.15, -0.1) is 0 Å². The summed E-state index contributed by atoms with van der Waals surface area (Å²) in [5.41, 5.74) is 1.30. The maximum atomic E-state index is 13.3. The zero-order valence-corrected chi connectivity index (χ0v) is 12.9. The third-order valence-electron chi connectivity index (χ3n) is 4.15. The Hall–Kier alpha value is -2.31. The molecule has 1 aliphatic rings. The number of ether oxygens (including phenoxy) is 1. The Kier molecular flexibility index (Phi) is 4.11. The van der Waals surface area contributed by atoms with Gasteiger partial charge < -0.3 is 4.74 Å². The van der Waals surface area contributed by atoms with Crippen LogP contribution in [0.5, 0.6) is 0 Å². The van der Waals surface area contributed by atoms with E-state index < -0.39 is 6.43 Å². The number of carbonyl (C=O) groups is 1. The summed E-state index contributed by atoms with van der Waals surface area (Å²) < 4.78 is 32.8. The van der Waals surface area contributed by atoms with Gasteiger partial charge >= 0.3 is 5.97 Å². The fourth-order valence-corrected chi connectivity index (χ4v) is 2.81. The first-order chi connectivity index (χ1) is 11.0. The molecule has 0 N–H and O–H groups in total. The van der Waals surface area contributed by atoms with E-state index in [1.165, 1.54) is 11.8 Å². The second-order valence-corrected chi connectivity index (χ2v) is 5.72. The van der Waals surface area contributed by atoms with Crippen molar-refractivity contribution in [2.45, 2.75) is 32.2 Å². The number of esters is 1. The molecule has 0 spiro atoms. The number of alkyl halides is 2. The first-order valence-electron chi connectivity index (χ1n) is 7.38. The van der Waals surface area contributed by atoms with Crippen molar-refractivity contribution in [2.75, 3.05) is 7.11 Å². The van der Waals surface area contributed by atoms with Crippen molar-refractivity contribution < 1.29 is 18.3 Å². The van der Waals surface area contributed by atoms with E-state index in [0.717, 1.165) is 5.69 Å². The first kappa shape index (κ1) is 15.6. The lowest BCUT2D eigenvalue weighted by atomic mass is 9.80. The number of aryl methyl sites for hydroxylation is 1. The van der Waals surface area contributed by atoms with Crippen LogP contribution < -0.4 is 0 Å². The number of hydrogen-bond donors (Lipinski definition) is 0. The Bertz CT molecular complexity index is 724. The number of halogens is 2. The average Bonchev–Trinajstić information content (AvgIpc) is 2.90. The lowest BCUT2D eigenvalue weighted by molar-refractivity contribution is -0.149. The van der Waals surface area contributed by atoms with Crippen LogP contribution in [0.4, 0.5) is 8.78 Å². The molecule has 122 valence electrons. The fourth-order valence-electron chi connectivity index (χ4n) is 2.81. The smallest absolute Gasteiger partial charge is 0.308 e. The maximum Gasteiger partial charge on any atom is 0.308 e. The van der Waals surface area contributed by atoms with Gasteiger partial charge in [0.2, 0.25) is 0 Å². The molecule has 1 saturated carbocycles. The molecule has 2 aromatic rings. The van der Waals surface area contributed by atoms with Gasteiger partial charge in [0.15, 0.2) is 0 Å². The molecule has 0 aromatic carbocycles. The number of pyridine rings is 1. The number of hydrogen-bond acceptors (Lipinski definition) is 4. The van der Waals surface area contributed by atoms with Crippen molar-refractivity contribution in [2.24, 2.45) is 5.92 Å². The molecule has 7 heteroatoms. The second-order valence-electron chi connectivity index (χ2n) is 5.72. The third kappa shape index (κ3) is 2.95. The first-order valence-corrected chi connectivity index (χ1v) is 7.38. The number of nitrogens with zero attached hydrogens (tertiary/aromatic N) is 3. The number of aromatic nitrogens is 3. The van der Waals surface area contributed by atoms with Gasteiger partial charge in [0, 0.05) is 17.5 Å². The fraction of sp³-hybridized carbons (Fsp3) is 0.438. The van der Waals surface area contributed by atoms with Crippen LogP contribution in [0.15, 0.2) is 24.4 Å². The molecule has 0 atom stereocenters. The van der Waals surface area contributed by atoms with E-state index in [0.29, 0.717) is 24.1 Å². The Labute approximate surface area is 132 Å². The molecular formula is C16H17F2N3O2. The average molecular weight is 321 g/mol. The summed E-state index contributed by atoms with van der Waals surface area (Å²) in [4.78, 5) is 15.7. The molecule has 2 heterocycles. The SMILES string of the molecule is COC(=O)[C@H]1C[C@H](n2cc(-c3cccc(C)n3)c(C(F)F)n2)C1. The molecule has 0 unspecified atom stereocenters. The zero-order valence-electron chi connectivity index (χ0n) is 12.9. The maximum absolute atomic E-state index is 13.3. The molecule has 2 aromatic heterocycles. The zero-order chi connectivity index (χ0) is 16.6. The highest BCUT2D eigenvalue weighted by Crippen LogP contribution is 2.40. The van der Waals surface area contributed by atoms with Gasteiger partial charge in [-0.1, -0.05) is 6.07 Å². The standard InChI is InChI=1S/C16H17F2N3O2/c1-9-4-3-5-13(19-9)12-8-21(20-14(12)15(17)18)11-6-10(7-11)16(22)23-2/h3-5,8,10-11,15H,6-7H2,1-2H3/t10-,11-. The van der Waals surface area contributed by atoms with Crippen molar-refractivity contribution in [1.29, 1.82) is 0 Å². The molecule has 3 rings (SSSR count). The van der Waals surface area contributed by atoms with Crippen LogP contribution in [0.1, 0.15) is 36.7 Å². The van der Waals surface area contributed by atoms with Crippen molar-refractivity contribution in [1.82, 2.24) is 14.8 Å². The lowest BCUT2D eigenvalue weighted by Gasteiger charge is -2.33. The molecule has 1 fully saturated rings. The van der Waals surface area contributed by atoms with E-state index in [4.69, 9.17) is 0 Å². The van der Waals surface area contributed by atoms with Gasteiger partial charge in [-0.3, -0.25) is 14.5 Å². The largest absolute Gasteiger partial charge is 0.469 e. The van der Waals surface area contributed by atoms with Crippen molar-refractivity contribution >= 4 is 5.97 Å². The van der Waals surface area contributed by atoms with Crippen LogP contribution in [-0.4, -0.2) is 27.8 Å². The summed E-state index contributed by atoms with van der Waals surface area (Å²) >= 11 is 0.